The zero-order chi connectivity index (χ0) is 35.3. The molecule has 0 saturated carbocycles. The van der Waals surface area contributed by atoms with Gasteiger partial charge in [-0.2, -0.15) is 0 Å². The Labute approximate surface area is 310 Å². The van der Waals surface area contributed by atoms with Gasteiger partial charge in [0.25, 0.3) is 0 Å². The van der Waals surface area contributed by atoms with Crippen molar-refractivity contribution in [3.8, 4) is 33.4 Å². The lowest BCUT2D eigenvalue weighted by Gasteiger charge is -2.18. The minimum absolute atomic E-state index is 0.879. The monoisotopic (exact) mass is 686 g/mol. The first-order chi connectivity index (χ1) is 26.7. The minimum atomic E-state index is 0.879. The molecule has 2 nitrogen and oxygen atoms in total. The summed E-state index contributed by atoms with van der Waals surface area (Å²) >= 11 is 0. The van der Waals surface area contributed by atoms with Gasteiger partial charge >= 0.3 is 0 Å². The predicted octanol–water partition coefficient (Wildman–Crippen LogP) is 15.1. The highest BCUT2D eigenvalue weighted by Gasteiger charge is 2.19. The number of fused-ring (bicyclic) bond motifs is 10. The van der Waals surface area contributed by atoms with Gasteiger partial charge in [0.05, 0.1) is 0 Å². The molecule has 0 saturated heterocycles. The van der Waals surface area contributed by atoms with Crippen molar-refractivity contribution in [3.63, 3.8) is 0 Å². The van der Waals surface area contributed by atoms with Crippen molar-refractivity contribution < 1.29 is 8.83 Å². The molecule has 2 heterocycles. The highest BCUT2D eigenvalue weighted by atomic mass is 16.3. The summed E-state index contributed by atoms with van der Waals surface area (Å²) in [5.74, 6) is 0. The molecule has 2 heteroatoms. The number of hydrogen-bond donors (Lipinski definition) is 0. The average molecular weight is 687 g/mol. The highest BCUT2D eigenvalue weighted by molar-refractivity contribution is 6.24. The summed E-state index contributed by atoms with van der Waals surface area (Å²) in [5, 5.41) is 14.3. The fourth-order valence-corrected chi connectivity index (χ4v) is 8.93. The second kappa shape index (κ2) is 11.2. The molecule has 0 atom stereocenters. The lowest BCUT2D eigenvalue weighted by Crippen LogP contribution is -1.91. The van der Waals surface area contributed by atoms with Crippen molar-refractivity contribution >= 4 is 87.0 Å². The Morgan fingerprint density at radius 2 is 0.722 bits per heavy atom. The summed E-state index contributed by atoms with van der Waals surface area (Å²) in [5.41, 5.74) is 10.7. The maximum absolute atomic E-state index is 6.71. The Morgan fingerprint density at radius 1 is 0.241 bits per heavy atom. The quantitative estimate of drug-likeness (QED) is 0.173. The van der Waals surface area contributed by atoms with Gasteiger partial charge in [-0.1, -0.05) is 133 Å². The molecule has 54 heavy (non-hydrogen) atoms. The van der Waals surface area contributed by atoms with E-state index in [0.29, 0.717) is 0 Å². The average Bonchev–Trinajstić information content (AvgIpc) is 3.78. The Bertz CT molecular complexity index is 3440. The van der Waals surface area contributed by atoms with Crippen LogP contribution in [0.15, 0.2) is 191 Å². The first-order valence-electron chi connectivity index (χ1n) is 18.5. The van der Waals surface area contributed by atoms with Crippen LogP contribution in [0.3, 0.4) is 0 Å². The number of furan rings is 2. The number of benzene rings is 10. The van der Waals surface area contributed by atoms with E-state index < -0.39 is 0 Å². The third kappa shape index (κ3) is 4.28. The molecule has 0 bridgehead atoms. The molecule has 0 N–H and O–H groups in total. The number of rotatable bonds is 3. The molecule has 0 spiro atoms. The first kappa shape index (κ1) is 29.4. The van der Waals surface area contributed by atoms with Gasteiger partial charge in [-0.25, -0.2) is 0 Å². The largest absolute Gasteiger partial charge is 0.456 e. The highest BCUT2D eigenvalue weighted by Crippen LogP contribution is 2.46. The topological polar surface area (TPSA) is 26.3 Å². The van der Waals surface area contributed by atoms with Gasteiger partial charge in [-0.05, 0) is 125 Å². The van der Waals surface area contributed by atoms with E-state index in [-0.39, 0.29) is 0 Å². The van der Waals surface area contributed by atoms with Crippen LogP contribution in [0.2, 0.25) is 0 Å². The van der Waals surface area contributed by atoms with E-state index in [9.17, 15) is 0 Å². The van der Waals surface area contributed by atoms with E-state index in [1.165, 1.54) is 59.8 Å². The molecule has 0 amide bonds. The zero-order valence-electron chi connectivity index (χ0n) is 29.1. The second-order valence-electron chi connectivity index (χ2n) is 14.4. The van der Waals surface area contributed by atoms with E-state index in [1.807, 2.05) is 0 Å². The molecule has 12 aromatic rings. The third-order valence-electron chi connectivity index (χ3n) is 11.4. The predicted molar refractivity (Wildman–Crippen MR) is 227 cm³/mol. The van der Waals surface area contributed by atoms with Gasteiger partial charge in [-0.15, -0.1) is 0 Å². The van der Waals surface area contributed by atoms with Crippen LogP contribution < -0.4 is 0 Å². The molecule has 0 aliphatic rings. The van der Waals surface area contributed by atoms with Gasteiger partial charge in [0.15, 0.2) is 0 Å². The Balaban J connectivity index is 1.02. The van der Waals surface area contributed by atoms with E-state index in [0.717, 1.165) is 60.6 Å². The third-order valence-corrected chi connectivity index (χ3v) is 11.4. The van der Waals surface area contributed by atoms with Gasteiger partial charge in [0.1, 0.15) is 22.3 Å². The van der Waals surface area contributed by atoms with Crippen molar-refractivity contribution in [1.82, 2.24) is 0 Å². The van der Waals surface area contributed by atoms with Crippen molar-refractivity contribution in [3.05, 3.63) is 182 Å². The molecular weight excluding hydrogens is 657 g/mol. The summed E-state index contributed by atoms with van der Waals surface area (Å²) in [6.45, 7) is 0. The summed E-state index contributed by atoms with van der Waals surface area (Å²) in [6, 6.07) is 65.6. The summed E-state index contributed by atoms with van der Waals surface area (Å²) in [6.07, 6.45) is 0. The minimum Gasteiger partial charge on any atom is -0.456 e. The Kier molecular flexibility index (Phi) is 6.09. The van der Waals surface area contributed by atoms with Crippen LogP contribution in [0.5, 0.6) is 0 Å². The van der Waals surface area contributed by atoms with Crippen LogP contribution >= 0.6 is 0 Å². The van der Waals surface area contributed by atoms with Crippen molar-refractivity contribution in [2.75, 3.05) is 0 Å². The molecule has 2 aromatic heterocycles. The van der Waals surface area contributed by atoms with Gasteiger partial charge in [-0.3, -0.25) is 0 Å². The maximum Gasteiger partial charge on any atom is 0.136 e. The van der Waals surface area contributed by atoms with Crippen molar-refractivity contribution in [2.45, 2.75) is 0 Å². The number of hydrogen-bond acceptors (Lipinski definition) is 2. The summed E-state index contributed by atoms with van der Waals surface area (Å²) < 4.78 is 13.0. The molecular formula is C52H30O2. The zero-order valence-corrected chi connectivity index (χ0v) is 29.1. The molecule has 10 aromatic carbocycles. The second-order valence-corrected chi connectivity index (χ2v) is 14.4. The van der Waals surface area contributed by atoms with E-state index in [1.54, 1.807) is 0 Å². The van der Waals surface area contributed by atoms with E-state index in [4.69, 9.17) is 8.83 Å². The van der Waals surface area contributed by atoms with Gasteiger partial charge in [0.2, 0.25) is 0 Å². The molecule has 0 unspecified atom stereocenters. The smallest absolute Gasteiger partial charge is 0.136 e. The van der Waals surface area contributed by atoms with Crippen LogP contribution in [0.1, 0.15) is 0 Å². The van der Waals surface area contributed by atoms with Crippen LogP contribution in [0.4, 0.5) is 0 Å². The summed E-state index contributed by atoms with van der Waals surface area (Å²) in [4.78, 5) is 0. The van der Waals surface area contributed by atoms with Crippen LogP contribution in [-0.2, 0) is 0 Å². The van der Waals surface area contributed by atoms with E-state index in [2.05, 4.69) is 182 Å². The molecule has 0 fully saturated rings. The van der Waals surface area contributed by atoms with Crippen molar-refractivity contribution in [1.29, 1.82) is 0 Å². The van der Waals surface area contributed by atoms with Crippen LogP contribution in [0.25, 0.3) is 120 Å². The SMILES string of the molecule is c1ccc2cc3c(cc2c1)oc1ccc(-c2ccc4c(c2)oc2cc(-c5c6ccccc6c(-c6cccc7ccccc67)c6ccccc56)ccc24)cc13. The first-order valence-corrected chi connectivity index (χ1v) is 18.5. The lowest BCUT2D eigenvalue weighted by atomic mass is 9.84. The normalized spacial score (nSPS) is 12.1. The summed E-state index contributed by atoms with van der Waals surface area (Å²) in [7, 11) is 0. The van der Waals surface area contributed by atoms with Gasteiger partial charge in [0, 0.05) is 21.5 Å². The molecule has 250 valence electrons. The lowest BCUT2D eigenvalue weighted by molar-refractivity contribution is 0.669. The molecule has 12 rings (SSSR count). The standard InChI is InChI=1S/C52H30O2/c1-2-12-33-28-50-46(26-32(33)11-1)45-27-34(22-25-47(45)53-50)35-20-23-38-39-24-21-36(30-49(39)54-48(38)29-35)51-41-15-5-7-17-43(41)52(44-18-8-6-16-42(44)51)40-19-9-13-31-10-3-4-14-37(31)40/h1-30H. The Hall–Kier alpha value is -7.16. The van der Waals surface area contributed by atoms with Crippen LogP contribution in [-0.4, -0.2) is 0 Å². The molecule has 0 radical (unpaired) electrons. The fraction of sp³-hybridized carbons (Fsp3) is 0. The molecule has 0 aliphatic carbocycles. The Morgan fingerprint density at radius 3 is 1.44 bits per heavy atom. The van der Waals surface area contributed by atoms with Crippen LogP contribution in [0, 0.1) is 0 Å². The van der Waals surface area contributed by atoms with Gasteiger partial charge < -0.3 is 8.83 Å². The van der Waals surface area contributed by atoms with E-state index >= 15 is 0 Å². The maximum atomic E-state index is 6.71. The molecule has 0 aliphatic heterocycles. The van der Waals surface area contributed by atoms with Crippen molar-refractivity contribution in [2.24, 2.45) is 0 Å². The fourth-order valence-electron chi connectivity index (χ4n) is 8.93.